The van der Waals surface area contributed by atoms with Gasteiger partial charge in [0.2, 0.25) is 0 Å². The highest BCUT2D eigenvalue weighted by molar-refractivity contribution is 6.03. The topological polar surface area (TPSA) is 45.2 Å². The molecule has 4 nitrogen and oxygen atoms in total. The van der Waals surface area contributed by atoms with Crippen LogP contribution in [0.3, 0.4) is 0 Å². The molecule has 0 atom stereocenters. The SMILES string of the molecule is CCc1ccc(NC(=O)c2cc(N3CCCC3)ccn2)cc1. The van der Waals surface area contributed by atoms with E-state index in [1.165, 1.54) is 18.4 Å². The fourth-order valence-electron chi connectivity index (χ4n) is 2.73. The van der Waals surface area contributed by atoms with Crippen molar-refractivity contribution in [1.82, 2.24) is 4.98 Å². The largest absolute Gasteiger partial charge is 0.371 e. The third kappa shape index (κ3) is 3.27. The number of hydrogen-bond acceptors (Lipinski definition) is 3. The van der Waals surface area contributed by atoms with E-state index < -0.39 is 0 Å². The van der Waals surface area contributed by atoms with Crippen LogP contribution >= 0.6 is 0 Å². The Morgan fingerprint density at radius 2 is 1.91 bits per heavy atom. The lowest BCUT2D eigenvalue weighted by Gasteiger charge is -2.17. The molecule has 1 aliphatic rings. The summed E-state index contributed by atoms with van der Waals surface area (Å²) in [5.74, 6) is -0.162. The van der Waals surface area contributed by atoms with Crippen LogP contribution in [0, 0.1) is 0 Å². The quantitative estimate of drug-likeness (QED) is 0.939. The second-order valence-electron chi connectivity index (χ2n) is 5.60. The van der Waals surface area contributed by atoms with Crippen molar-refractivity contribution in [3.8, 4) is 0 Å². The molecule has 1 amide bonds. The van der Waals surface area contributed by atoms with Crippen LogP contribution in [-0.2, 0) is 6.42 Å². The van der Waals surface area contributed by atoms with Crippen LogP contribution in [0.25, 0.3) is 0 Å². The summed E-state index contributed by atoms with van der Waals surface area (Å²) in [5, 5.41) is 2.91. The van der Waals surface area contributed by atoms with E-state index in [0.29, 0.717) is 5.69 Å². The monoisotopic (exact) mass is 295 g/mol. The molecule has 0 spiro atoms. The van der Waals surface area contributed by atoms with Crippen molar-refractivity contribution in [1.29, 1.82) is 0 Å². The molecule has 1 aromatic heterocycles. The molecule has 2 heterocycles. The van der Waals surface area contributed by atoms with Crippen molar-refractivity contribution in [3.05, 3.63) is 53.9 Å². The molecule has 1 saturated heterocycles. The van der Waals surface area contributed by atoms with Crippen molar-refractivity contribution < 1.29 is 4.79 Å². The Morgan fingerprint density at radius 1 is 1.18 bits per heavy atom. The van der Waals surface area contributed by atoms with E-state index in [0.717, 1.165) is 30.9 Å². The van der Waals surface area contributed by atoms with Gasteiger partial charge in [0.05, 0.1) is 0 Å². The number of pyridine rings is 1. The zero-order valence-corrected chi connectivity index (χ0v) is 12.9. The van der Waals surface area contributed by atoms with Gasteiger partial charge in [-0.3, -0.25) is 9.78 Å². The van der Waals surface area contributed by atoms with Crippen LogP contribution in [0.1, 0.15) is 35.8 Å². The van der Waals surface area contributed by atoms with E-state index in [2.05, 4.69) is 22.1 Å². The summed E-state index contributed by atoms with van der Waals surface area (Å²) < 4.78 is 0. The Morgan fingerprint density at radius 3 is 2.59 bits per heavy atom. The minimum atomic E-state index is -0.162. The first-order valence-electron chi connectivity index (χ1n) is 7.87. The first-order chi connectivity index (χ1) is 10.8. The lowest BCUT2D eigenvalue weighted by atomic mass is 10.1. The summed E-state index contributed by atoms with van der Waals surface area (Å²) in [7, 11) is 0. The fourth-order valence-corrected chi connectivity index (χ4v) is 2.73. The summed E-state index contributed by atoms with van der Waals surface area (Å²) >= 11 is 0. The molecule has 0 radical (unpaired) electrons. The molecule has 0 bridgehead atoms. The van der Waals surface area contributed by atoms with E-state index in [1.54, 1.807) is 6.20 Å². The second kappa shape index (κ2) is 6.60. The number of amides is 1. The Balaban J connectivity index is 1.72. The molecule has 22 heavy (non-hydrogen) atoms. The number of nitrogens with zero attached hydrogens (tertiary/aromatic N) is 2. The Kier molecular flexibility index (Phi) is 4.37. The molecule has 2 aromatic rings. The molecule has 1 N–H and O–H groups in total. The van der Waals surface area contributed by atoms with E-state index in [4.69, 9.17) is 0 Å². The number of carbonyl (C=O) groups is 1. The van der Waals surface area contributed by atoms with Gasteiger partial charge in [0, 0.05) is 30.7 Å². The third-order valence-corrected chi connectivity index (χ3v) is 4.07. The summed E-state index contributed by atoms with van der Waals surface area (Å²) in [6, 6.07) is 11.8. The molecular formula is C18H21N3O. The molecule has 1 aromatic carbocycles. The fraction of sp³-hybridized carbons (Fsp3) is 0.333. The van der Waals surface area contributed by atoms with Crippen LogP contribution in [-0.4, -0.2) is 24.0 Å². The van der Waals surface area contributed by atoms with Gasteiger partial charge in [0.25, 0.3) is 5.91 Å². The van der Waals surface area contributed by atoms with E-state index in [1.807, 2.05) is 36.4 Å². The van der Waals surface area contributed by atoms with Crippen LogP contribution in [0.15, 0.2) is 42.6 Å². The Hall–Kier alpha value is -2.36. The standard InChI is InChI=1S/C18H21N3O/c1-2-14-5-7-15(8-6-14)20-18(22)17-13-16(9-10-19-17)21-11-3-4-12-21/h5-10,13H,2-4,11-12H2,1H3,(H,20,22). The zero-order valence-electron chi connectivity index (χ0n) is 12.9. The summed E-state index contributed by atoms with van der Waals surface area (Å²) in [6.07, 6.45) is 5.14. The normalized spacial score (nSPS) is 14.1. The number of aryl methyl sites for hydroxylation is 1. The molecule has 3 rings (SSSR count). The van der Waals surface area contributed by atoms with Crippen LogP contribution < -0.4 is 10.2 Å². The number of benzene rings is 1. The lowest BCUT2D eigenvalue weighted by Crippen LogP contribution is -2.19. The minimum absolute atomic E-state index is 0.162. The summed E-state index contributed by atoms with van der Waals surface area (Å²) in [5.41, 5.74) is 3.60. The van der Waals surface area contributed by atoms with Gasteiger partial charge in [-0.2, -0.15) is 0 Å². The number of hydrogen-bond donors (Lipinski definition) is 1. The van der Waals surface area contributed by atoms with Crippen molar-refractivity contribution in [2.45, 2.75) is 26.2 Å². The van der Waals surface area contributed by atoms with Gasteiger partial charge < -0.3 is 10.2 Å². The first-order valence-corrected chi connectivity index (χ1v) is 7.87. The number of carbonyl (C=O) groups excluding carboxylic acids is 1. The van der Waals surface area contributed by atoms with Gasteiger partial charge in [0.1, 0.15) is 5.69 Å². The molecule has 0 aliphatic carbocycles. The van der Waals surface area contributed by atoms with Gasteiger partial charge >= 0.3 is 0 Å². The van der Waals surface area contributed by atoms with Crippen LogP contribution in [0.5, 0.6) is 0 Å². The highest BCUT2D eigenvalue weighted by Crippen LogP contribution is 2.20. The molecule has 4 heteroatoms. The number of nitrogens with one attached hydrogen (secondary N) is 1. The highest BCUT2D eigenvalue weighted by Gasteiger charge is 2.15. The first kappa shape index (κ1) is 14.6. The molecule has 114 valence electrons. The molecule has 1 fully saturated rings. The number of aromatic nitrogens is 1. The number of anilines is 2. The maximum Gasteiger partial charge on any atom is 0.274 e. The number of rotatable bonds is 4. The van der Waals surface area contributed by atoms with E-state index in [9.17, 15) is 4.79 Å². The lowest BCUT2D eigenvalue weighted by molar-refractivity contribution is 0.102. The van der Waals surface area contributed by atoms with E-state index >= 15 is 0 Å². The van der Waals surface area contributed by atoms with Crippen molar-refractivity contribution in [2.75, 3.05) is 23.3 Å². The third-order valence-electron chi connectivity index (χ3n) is 4.07. The second-order valence-corrected chi connectivity index (χ2v) is 5.60. The van der Waals surface area contributed by atoms with E-state index in [-0.39, 0.29) is 5.91 Å². The molecule has 0 saturated carbocycles. The van der Waals surface area contributed by atoms with Crippen molar-refractivity contribution in [3.63, 3.8) is 0 Å². The Labute approximate surface area is 131 Å². The molecular weight excluding hydrogens is 274 g/mol. The van der Waals surface area contributed by atoms with Crippen LogP contribution in [0.4, 0.5) is 11.4 Å². The molecule has 1 aliphatic heterocycles. The van der Waals surface area contributed by atoms with Crippen LogP contribution in [0.2, 0.25) is 0 Å². The van der Waals surface area contributed by atoms with Gasteiger partial charge in [-0.25, -0.2) is 0 Å². The Bertz CT molecular complexity index is 646. The maximum atomic E-state index is 12.3. The van der Waals surface area contributed by atoms with Gasteiger partial charge in [-0.05, 0) is 49.1 Å². The predicted octanol–water partition coefficient (Wildman–Crippen LogP) is 3.50. The maximum absolute atomic E-state index is 12.3. The predicted molar refractivity (Wildman–Crippen MR) is 89.5 cm³/mol. The van der Waals surface area contributed by atoms with Crippen molar-refractivity contribution >= 4 is 17.3 Å². The van der Waals surface area contributed by atoms with Crippen molar-refractivity contribution in [2.24, 2.45) is 0 Å². The summed E-state index contributed by atoms with van der Waals surface area (Å²) in [6.45, 7) is 4.23. The zero-order chi connectivity index (χ0) is 15.4. The molecule has 0 unspecified atom stereocenters. The van der Waals surface area contributed by atoms with Gasteiger partial charge in [0.15, 0.2) is 0 Å². The average molecular weight is 295 g/mol. The highest BCUT2D eigenvalue weighted by atomic mass is 16.1. The van der Waals surface area contributed by atoms with Gasteiger partial charge in [-0.15, -0.1) is 0 Å². The smallest absolute Gasteiger partial charge is 0.274 e. The van der Waals surface area contributed by atoms with Gasteiger partial charge in [-0.1, -0.05) is 19.1 Å². The minimum Gasteiger partial charge on any atom is -0.371 e. The average Bonchev–Trinajstić information content (AvgIpc) is 3.10. The summed E-state index contributed by atoms with van der Waals surface area (Å²) in [4.78, 5) is 18.8.